The fourth-order valence-electron chi connectivity index (χ4n) is 2.36. The molecule has 4 nitrogen and oxygen atoms in total. The Bertz CT molecular complexity index is 526. The van der Waals surface area contributed by atoms with E-state index in [0.717, 1.165) is 31.0 Å². The van der Waals surface area contributed by atoms with Gasteiger partial charge in [0, 0.05) is 31.5 Å². The summed E-state index contributed by atoms with van der Waals surface area (Å²) in [5.41, 5.74) is 8.15. The summed E-state index contributed by atoms with van der Waals surface area (Å²) in [6, 6.07) is 4.44. The maximum atomic E-state index is 5.94. The fourth-order valence-corrected chi connectivity index (χ4v) is 2.36. The van der Waals surface area contributed by atoms with Gasteiger partial charge in [0.05, 0.1) is 11.2 Å². The molecule has 2 N–H and O–H groups in total. The highest BCUT2D eigenvalue weighted by Gasteiger charge is 2.22. The minimum atomic E-state index is 0. The Labute approximate surface area is 119 Å². The number of aromatic nitrogens is 2. The highest BCUT2D eigenvalue weighted by Crippen LogP contribution is 2.23. The van der Waals surface area contributed by atoms with E-state index in [2.05, 4.69) is 38.8 Å². The van der Waals surface area contributed by atoms with Gasteiger partial charge in [0.25, 0.3) is 0 Å². The van der Waals surface area contributed by atoms with E-state index in [-0.39, 0.29) is 30.9 Å². The van der Waals surface area contributed by atoms with Crippen molar-refractivity contribution in [3.05, 3.63) is 30.2 Å². The number of anilines is 1. The van der Waals surface area contributed by atoms with Gasteiger partial charge in [-0.1, -0.05) is 0 Å². The van der Waals surface area contributed by atoms with E-state index in [1.165, 1.54) is 5.52 Å². The molecular formula is C12H18Cl2N4. The van der Waals surface area contributed by atoms with Crippen molar-refractivity contribution in [3.8, 4) is 0 Å². The summed E-state index contributed by atoms with van der Waals surface area (Å²) in [7, 11) is 0. The summed E-state index contributed by atoms with van der Waals surface area (Å²) in [6.45, 7) is 3.95. The van der Waals surface area contributed by atoms with Crippen LogP contribution in [0.4, 0.5) is 5.82 Å². The molecule has 18 heavy (non-hydrogen) atoms. The normalized spacial score (nSPS) is 18.6. The van der Waals surface area contributed by atoms with Crippen LogP contribution in [0.3, 0.4) is 0 Å². The maximum absolute atomic E-state index is 5.94. The van der Waals surface area contributed by atoms with Gasteiger partial charge in [0.1, 0.15) is 0 Å². The van der Waals surface area contributed by atoms with Crippen molar-refractivity contribution in [2.45, 2.75) is 19.4 Å². The molecule has 0 radical (unpaired) electrons. The number of aryl methyl sites for hydroxylation is 1. The van der Waals surface area contributed by atoms with Gasteiger partial charge in [0.2, 0.25) is 0 Å². The van der Waals surface area contributed by atoms with Gasteiger partial charge in [-0.2, -0.15) is 0 Å². The second-order valence-electron chi connectivity index (χ2n) is 4.50. The largest absolute Gasteiger partial charge is 0.353 e. The molecule has 0 aromatic carbocycles. The number of fused-ring (bicyclic) bond motifs is 1. The van der Waals surface area contributed by atoms with Crippen LogP contribution in [0.25, 0.3) is 5.52 Å². The minimum Gasteiger partial charge on any atom is -0.353 e. The lowest BCUT2D eigenvalue weighted by atomic mass is 10.3. The summed E-state index contributed by atoms with van der Waals surface area (Å²) < 4.78 is 2.13. The van der Waals surface area contributed by atoms with Crippen LogP contribution >= 0.6 is 24.8 Å². The van der Waals surface area contributed by atoms with E-state index in [1.54, 1.807) is 0 Å². The van der Waals surface area contributed by atoms with Gasteiger partial charge in [-0.15, -0.1) is 24.8 Å². The van der Waals surface area contributed by atoms with Gasteiger partial charge in [-0.05, 0) is 25.5 Å². The van der Waals surface area contributed by atoms with Crippen LogP contribution in [0.5, 0.6) is 0 Å². The van der Waals surface area contributed by atoms with Gasteiger partial charge in [0.15, 0.2) is 5.82 Å². The maximum Gasteiger partial charge on any atom is 0.153 e. The topological polar surface area (TPSA) is 46.6 Å². The summed E-state index contributed by atoms with van der Waals surface area (Å²) in [5.74, 6) is 1.07. The van der Waals surface area contributed by atoms with Crippen LogP contribution in [-0.2, 0) is 0 Å². The summed E-state index contributed by atoms with van der Waals surface area (Å²) >= 11 is 0. The quantitative estimate of drug-likeness (QED) is 0.873. The Morgan fingerprint density at radius 2 is 2.17 bits per heavy atom. The van der Waals surface area contributed by atoms with E-state index >= 15 is 0 Å². The van der Waals surface area contributed by atoms with Crippen LogP contribution in [0.15, 0.2) is 24.5 Å². The molecule has 1 unspecified atom stereocenters. The third-order valence-electron chi connectivity index (χ3n) is 3.14. The average molecular weight is 289 g/mol. The Morgan fingerprint density at radius 3 is 2.83 bits per heavy atom. The SMILES string of the molecule is Cc1cn2cccc2c(N2CCC(N)C2)n1.Cl.Cl. The van der Waals surface area contributed by atoms with Crippen molar-refractivity contribution >= 4 is 36.1 Å². The van der Waals surface area contributed by atoms with E-state index in [0.29, 0.717) is 0 Å². The number of hydrogen-bond donors (Lipinski definition) is 1. The Balaban J connectivity index is 0.000000810. The van der Waals surface area contributed by atoms with Crippen molar-refractivity contribution in [3.63, 3.8) is 0 Å². The first-order chi connectivity index (χ1) is 7.74. The smallest absolute Gasteiger partial charge is 0.153 e. The first-order valence-electron chi connectivity index (χ1n) is 5.69. The zero-order chi connectivity index (χ0) is 11.1. The third kappa shape index (κ3) is 2.55. The van der Waals surface area contributed by atoms with Gasteiger partial charge in [-0.3, -0.25) is 0 Å². The molecule has 0 bridgehead atoms. The first-order valence-corrected chi connectivity index (χ1v) is 5.69. The summed E-state index contributed by atoms with van der Waals surface area (Å²) in [4.78, 5) is 6.92. The molecular weight excluding hydrogens is 271 g/mol. The van der Waals surface area contributed by atoms with E-state index < -0.39 is 0 Å². The molecule has 2 aromatic heterocycles. The fraction of sp³-hybridized carbons (Fsp3) is 0.417. The second kappa shape index (κ2) is 5.78. The van der Waals surface area contributed by atoms with Crippen LogP contribution in [0.1, 0.15) is 12.1 Å². The van der Waals surface area contributed by atoms with E-state index in [9.17, 15) is 0 Å². The third-order valence-corrected chi connectivity index (χ3v) is 3.14. The molecule has 3 heterocycles. The molecule has 2 aromatic rings. The van der Waals surface area contributed by atoms with Crippen molar-refractivity contribution in [2.24, 2.45) is 5.73 Å². The Kier molecular flexibility index (Phi) is 4.85. The number of halogens is 2. The number of hydrogen-bond acceptors (Lipinski definition) is 3. The number of rotatable bonds is 1. The van der Waals surface area contributed by atoms with Crippen molar-refractivity contribution < 1.29 is 0 Å². The van der Waals surface area contributed by atoms with Crippen LogP contribution in [-0.4, -0.2) is 28.5 Å². The lowest BCUT2D eigenvalue weighted by Crippen LogP contribution is -2.27. The lowest BCUT2D eigenvalue weighted by Gasteiger charge is -2.18. The molecule has 1 aliphatic heterocycles. The average Bonchev–Trinajstić information content (AvgIpc) is 2.84. The van der Waals surface area contributed by atoms with Crippen LogP contribution in [0.2, 0.25) is 0 Å². The van der Waals surface area contributed by atoms with Gasteiger partial charge < -0.3 is 15.0 Å². The van der Waals surface area contributed by atoms with Crippen LogP contribution < -0.4 is 10.6 Å². The highest BCUT2D eigenvalue weighted by atomic mass is 35.5. The summed E-state index contributed by atoms with van der Waals surface area (Å²) in [5, 5.41) is 0. The molecule has 6 heteroatoms. The molecule has 0 spiro atoms. The van der Waals surface area contributed by atoms with Gasteiger partial charge in [-0.25, -0.2) is 4.98 Å². The molecule has 0 amide bonds. The van der Waals surface area contributed by atoms with Crippen molar-refractivity contribution in [1.29, 1.82) is 0 Å². The molecule has 100 valence electrons. The van der Waals surface area contributed by atoms with Crippen LogP contribution in [0, 0.1) is 6.92 Å². The molecule has 0 saturated carbocycles. The van der Waals surface area contributed by atoms with E-state index in [1.807, 2.05) is 6.92 Å². The molecule has 1 saturated heterocycles. The molecule has 0 aliphatic carbocycles. The molecule has 3 rings (SSSR count). The Morgan fingerprint density at radius 1 is 1.39 bits per heavy atom. The predicted octanol–water partition coefficient (Wildman–Crippen LogP) is 2.02. The zero-order valence-electron chi connectivity index (χ0n) is 10.2. The first kappa shape index (κ1) is 15.1. The second-order valence-corrected chi connectivity index (χ2v) is 4.50. The molecule has 1 aliphatic rings. The van der Waals surface area contributed by atoms with Crippen molar-refractivity contribution in [2.75, 3.05) is 18.0 Å². The standard InChI is InChI=1S/C12H16N4.2ClH/c1-9-7-15-5-2-3-11(15)12(14-9)16-6-4-10(13)8-16;;/h2-3,5,7,10H,4,6,8,13H2,1H3;2*1H. The molecule has 1 atom stereocenters. The Hall–Kier alpha value is -0.970. The molecule has 1 fully saturated rings. The lowest BCUT2D eigenvalue weighted by molar-refractivity contribution is 0.751. The number of nitrogens with zero attached hydrogens (tertiary/aromatic N) is 3. The monoisotopic (exact) mass is 288 g/mol. The van der Waals surface area contributed by atoms with E-state index in [4.69, 9.17) is 5.73 Å². The summed E-state index contributed by atoms with van der Waals surface area (Å²) in [6.07, 6.45) is 5.17. The van der Waals surface area contributed by atoms with Gasteiger partial charge >= 0.3 is 0 Å². The number of nitrogens with two attached hydrogens (primary N) is 1. The predicted molar refractivity (Wildman–Crippen MR) is 79.2 cm³/mol. The van der Waals surface area contributed by atoms with Crippen molar-refractivity contribution in [1.82, 2.24) is 9.38 Å². The minimum absolute atomic E-state index is 0. The zero-order valence-corrected chi connectivity index (χ0v) is 11.9. The highest BCUT2D eigenvalue weighted by molar-refractivity contribution is 5.85.